The molecule has 1 aromatic heterocycles. The normalized spacial score (nSPS) is 10.3. The van der Waals surface area contributed by atoms with Gasteiger partial charge in [0.05, 0.1) is 12.3 Å². The van der Waals surface area contributed by atoms with Gasteiger partial charge >= 0.3 is 0 Å². The van der Waals surface area contributed by atoms with Crippen LogP contribution in [0.1, 0.15) is 32.6 Å². The molecule has 1 heterocycles. The third kappa shape index (κ3) is 4.51. The van der Waals surface area contributed by atoms with E-state index in [1.165, 1.54) is 19.3 Å². The summed E-state index contributed by atoms with van der Waals surface area (Å²) >= 11 is 3.30. The molecule has 0 amide bonds. The third-order valence-corrected chi connectivity index (χ3v) is 2.52. The van der Waals surface area contributed by atoms with Gasteiger partial charge in [-0.15, -0.1) is 0 Å². The van der Waals surface area contributed by atoms with Gasteiger partial charge in [-0.1, -0.05) is 26.2 Å². The molecule has 0 unspecified atom stereocenters. The van der Waals surface area contributed by atoms with E-state index in [4.69, 9.17) is 10.5 Å². The van der Waals surface area contributed by atoms with Crippen molar-refractivity contribution >= 4 is 21.6 Å². The Kier molecular flexibility index (Phi) is 5.47. The second-order valence-corrected chi connectivity index (χ2v) is 4.37. The summed E-state index contributed by atoms with van der Waals surface area (Å²) in [5.41, 5.74) is 6.33. The number of unbranched alkanes of at least 4 members (excludes halogenated alkanes) is 3. The number of hydrogen-bond acceptors (Lipinski definition) is 3. The van der Waals surface area contributed by atoms with E-state index in [9.17, 15) is 0 Å². The lowest BCUT2D eigenvalue weighted by atomic mass is 10.2. The molecule has 0 aliphatic carbocycles. The van der Waals surface area contributed by atoms with Crippen molar-refractivity contribution in [2.24, 2.45) is 0 Å². The summed E-state index contributed by atoms with van der Waals surface area (Å²) in [5, 5.41) is 0. The van der Waals surface area contributed by atoms with Gasteiger partial charge in [0.25, 0.3) is 0 Å². The number of rotatable bonds is 6. The van der Waals surface area contributed by atoms with E-state index in [-0.39, 0.29) is 0 Å². The van der Waals surface area contributed by atoms with Gasteiger partial charge in [-0.05, 0) is 28.4 Å². The topological polar surface area (TPSA) is 48.1 Å². The van der Waals surface area contributed by atoms with Crippen molar-refractivity contribution in [3.05, 3.63) is 16.7 Å². The lowest BCUT2D eigenvalue weighted by molar-refractivity contribution is 0.295. The molecule has 0 saturated heterocycles. The number of pyridine rings is 1. The Hall–Kier alpha value is -0.770. The fraction of sp³-hybridized carbons (Fsp3) is 0.545. The van der Waals surface area contributed by atoms with E-state index in [1.807, 2.05) is 0 Å². The monoisotopic (exact) mass is 272 g/mol. The molecule has 0 aromatic carbocycles. The molecule has 15 heavy (non-hydrogen) atoms. The van der Waals surface area contributed by atoms with Gasteiger partial charge in [0, 0.05) is 10.7 Å². The summed E-state index contributed by atoms with van der Waals surface area (Å²) in [7, 11) is 0. The molecule has 0 aliphatic rings. The van der Waals surface area contributed by atoms with E-state index >= 15 is 0 Å². The van der Waals surface area contributed by atoms with Crippen molar-refractivity contribution in [1.82, 2.24) is 4.98 Å². The van der Waals surface area contributed by atoms with E-state index in [1.54, 1.807) is 12.3 Å². The number of halogens is 1. The zero-order valence-corrected chi connectivity index (χ0v) is 10.6. The summed E-state index contributed by atoms with van der Waals surface area (Å²) < 4.78 is 6.35. The van der Waals surface area contributed by atoms with Crippen LogP contribution in [0.15, 0.2) is 16.7 Å². The standard InChI is InChI=1S/C11H17BrN2O/c1-2-3-4-5-6-15-11-10(13)7-9(12)8-14-11/h7-8H,2-6,13H2,1H3. The van der Waals surface area contributed by atoms with Crippen molar-refractivity contribution in [2.75, 3.05) is 12.3 Å². The minimum absolute atomic E-state index is 0.537. The number of hydrogen-bond donors (Lipinski definition) is 1. The van der Waals surface area contributed by atoms with Gasteiger partial charge in [-0.25, -0.2) is 4.98 Å². The van der Waals surface area contributed by atoms with Crippen LogP contribution in [-0.4, -0.2) is 11.6 Å². The fourth-order valence-electron chi connectivity index (χ4n) is 1.26. The number of nitrogen functional groups attached to an aromatic ring is 1. The zero-order chi connectivity index (χ0) is 11.1. The largest absolute Gasteiger partial charge is 0.476 e. The minimum Gasteiger partial charge on any atom is -0.476 e. The minimum atomic E-state index is 0.537. The summed E-state index contributed by atoms with van der Waals surface area (Å²) in [4.78, 5) is 4.10. The Bertz CT molecular complexity index is 305. The van der Waals surface area contributed by atoms with Gasteiger partial charge in [0.1, 0.15) is 0 Å². The highest BCUT2D eigenvalue weighted by atomic mass is 79.9. The van der Waals surface area contributed by atoms with Crippen LogP contribution < -0.4 is 10.5 Å². The molecule has 0 saturated carbocycles. The Balaban J connectivity index is 2.31. The molecule has 0 atom stereocenters. The summed E-state index contributed by atoms with van der Waals surface area (Å²) in [6, 6.07) is 1.80. The number of nitrogens with zero attached hydrogens (tertiary/aromatic N) is 1. The number of aromatic nitrogens is 1. The molecular weight excluding hydrogens is 256 g/mol. The van der Waals surface area contributed by atoms with Crippen LogP contribution in [0.3, 0.4) is 0 Å². The van der Waals surface area contributed by atoms with Crippen LogP contribution in [0.4, 0.5) is 5.69 Å². The van der Waals surface area contributed by atoms with Gasteiger partial charge < -0.3 is 10.5 Å². The van der Waals surface area contributed by atoms with E-state index in [0.29, 0.717) is 18.2 Å². The Morgan fingerprint density at radius 3 is 2.87 bits per heavy atom. The first kappa shape index (κ1) is 12.3. The van der Waals surface area contributed by atoms with Crippen molar-refractivity contribution < 1.29 is 4.74 Å². The molecule has 2 N–H and O–H groups in total. The van der Waals surface area contributed by atoms with Crippen molar-refractivity contribution in [3.8, 4) is 5.88 Å². The van der Waals surface area contributed by atoms with Gasteiger partial charge in [-0.3, -0.25) is 0 Å². The summed E-state index contributed by atoms with van der Waals surface area (Å²) in [5.74, 6) is 0.537. The maximum absolute atomic E-state index is 5.74. The van der Waals surface area contributed by atoms with Crippen LogP contribution >= 0.6 is 15.9 Å². The second kappa shape index (κ2) is 6.67. The van der Waals surface area contributed by atoms with Gasteiger partial charge in [-0.2, -0.15) is 0 Å². The highest BCUT2D eigenvalue weighted by Gasteiger charge is 2.01. The smallest absolute Gasteiger partial charge is 0.237 e. The quantitative estimate of drug-likeness (QED) is 0.808. The molecular formula is C11H17BrN2O. The number of nitrogens with two attached hydrogens (primary N) is 1. The average molecular weight is 273 g/mol. The molecule has 0 fully saturated rings. The molecule has 0 bridgehead atoms. The predicted molar refractivity (Wildman–Crippen MR) is 66.0 cm³/mol. The number of anilines is 1. The average Bonchev–Trinajstić information content (AvgIpc) is 2.20. The molecule has 84 valence electrons. The van der Waals surface area contributed by atoms with E-state index < -0.39 is 0 Å². The molecule has 4 heteroatoms. The molecule has 1 aromatic rings. The molecule has 0 radical (unpaired) electrons. The van der Waals surface area contributed by atoms with Crippen LogP contribution in [0, 0.1) is 0 Å². The van der Waals surface area contributed by atoms with Crippen molar-refractivity contribution in [1.29, 1.82) is 0 Å². The van der Waals surface area contributed by atoms with E-state index in [0.717, 1.165) is 10.9 Å². The van der Waals surface area contributed by atoms with Crippen LogP contribution in [0.2, 0.25) is 0 Å². The first-order chi connectivity index (χ1) is 7.24. The molecule has 0 aliphatic heterocycles. The summed E-state index contributed by atoms with van der Waals surface area (Å²) in [6.07, 6.45) is 6.45. The molecule has 0 spiro atoms. The van der Waals surface area contributed by atoms with Gasteiger partial charge in [0.15, 0.2) is 0 Å². The van der Waals surface area contributed by atoms with Gasteiger partial charge in [0.2, 0.25) is 5.88 Å². The lowest BCUT2D eigenvalue weighted by Crippen LogP contribution is -2.02. The Morgan fingerprint density at radius 1 is 1.40 bits per heavy atom. The maximum Gasteiger partial charge on any atom is 0.237 e. The van der Waals surface area contributed by atoms with Crippen LogP contribution in [0.25, 0.3) is 0 Å². The molecule has 1 rings (SSSR count). The first-order valence-electron chi connectivity index (χ1n) is 5.28. The number of ether oxygens (including phenoxy) is 1. The Labute approximate surface area is 99.2 Å². The van der Waals surface area contributed by atoms with Crippen molar-refractivity contribution in [2.45, 2.75) is 32.6 Å². The maximum atomic E-state index is 5.74. The van der Waals surface area contributed by atoms with E-state index in [2.05, 4.69) is 27.8 Å². The predicted octanol–water partition coefficient (Wildman–Crippen LogP) is 3.39. The molecule has 3 nitrogen and oxygen atoms in total. The highest BCUT2D eigenvalue weighted by molar-refractivity contribution is 9.10. The first-order valence-corrected chi connectivity index (χ1v) is 6.07. The van der Waals surface area contributed by atoms with Crippen LogP contribution in [-0.2, 0) is 0 Å². The van der Waals surface area contributed by atoms with Crippen molar-refractivity contribution in [3.63, 3.8) is 0 Å². The second-order valence-electron chi connectivity index (χ2n) is 3.46. The lowest BCUT2D eigenvalue weighted by Gasteiger charge is -2.07. The SMILES string of the molecule is CCCCCCOc1ncc(Br)cc1N. The zero-order valence-electron chi connectivity index (χ0n) is 9.00. The highest BCUT2D eigenvalue weighted by Crippen LogP contribution is 2.21. The third-order valence-electron chi connectivity index (χ3n) is 2.08. The Morgan fingerprint density at radius 2 is 2.20 bits per heavy atom. The fourth-order valence-corrected chi connectivity index (χ4v) is 1.61. The van der Waals surface area contributed by atoms with Crippen LogP contribution in [0.5, 0.6) is 5.88 Å². The summed E-state index contributed by atoms with van der Waals surface area (Å²) in [6.45, 7) is 2.88.